The molecule has 0 amide bonds. The van der Waals surface area contributed by atoms with Gasteiger partial charge < -0.3 is 0 Å². The van der Waals surface area contributed by atoms with Crippen molar-refractivity contribution in [3.63, 3.8) is 0 Å². The van der Waals surface area contributed by atoms with E-state index in [2.05, 4.69) is 3.97 Å². The second-order valence-corrected chi connectivity index (χ2v) is 3.27. The second-order valence-electron chi connectivity index (χ2n) is 1.07. The van der Waals surface area contributed by atoms with Gasteiger partial charge in [0.25, 0.3) is 0 Å². The van der Waals surface area contributed by atoms with Gasteiger partial charge in [-0.25, -0.2) is 0 Å². The van der Waals surface area contributed by atoms with Gasteiger partial charge in [0.05, 0.1) is 0 Å². The molecule has 0 aromatic heterocycles. The quantitative estimate of drug-likeness (QED) is 0.485. The predicted molar refractivity (Wildman–Crippen MR) is 25.1 cm³/mol. The van der Waals surface area contributed by atoms with Crippen LogP contribution < -0.4 is 0 Å². The van der Waals surface area contributed by atoms with Gasteiger partial charge in [0.1, 0.15) is 0 Å². The van der Waals surface area contributed by atoms with Crippen LogP contribution in [0.25, 0.3) is 0 Å². The summed E-state index contributed by atoms with van der Waals surface area (Å²) in [6.45, 7) is 0. The molecule has 0 saturated heterocycles. The van der Waals surface area contributed by atoms with Crippen molar-refractivity contribution >= 4 is 18.8 Å². The van der Waals surface area contributed by atoms with Gasteiger partial charge in [-0.3, -0.25) is 0 Å². The Morgan fingerprint density at radius 2 is 1.70 bits per heavy atom. The van der Waals surface area contributed by atoms with Crippen LogP contribution in [-0.2, 0) is 18.7 Å². The highest BCUT2D eigenvalue weighted by atomic mass is 32.2. The molecule has 0 radical (unpaired) electrons. The van der Waals surface area contributed by atoms with Crippen LogP contribution in [0.3, 0.4) is 0 Å². The van der Waals surface area contributed by atoms with Crippen molar-refractivity contribution in [2.24, 2.45) is 0 Å². The number of hydrogen-bond acceptors (Lipinski definition) is 4. The number of alkyl halides is 3. The fourth-order valence-electron chi connectivity index (χ4n) is 0.0920. The van der Waals surface area contributed by atoms with Gasteiger partial charge in [-0.05, 0) is 8.54 Å². The molecule has 10 heavy (non-hydrogen) atoms. The summed E-state index contributed by atoms with van der Waals surface area (Å²) in [6.07, 6.45) is 0. The van der Waals surface area contributed by atoms with Crippen LogP contribution in [0.15, 0.2) is 0 Å². The van der Waals surface area contributed by atoms with Crippen LogP contribution in [-0.4, -0.2) is 13.9 Å². The first kappa shape index (κ1) is 9.80. The first-order chi connectivity index (χ1) is 4.31. The Morgan fingerprint density at radius 3 is 1.80 bits per heavy atom. The molecule has 0 aliphatic carbocycles. The van der Waals surface area contributed by atoms with Crippen LogP contribution in [0, 0.1) is 0 Å². The molecule has 0 aromatic rings. The molecule has 0 fully saturated rings. The van der Waals surface area contributed by atoms with E-state index in [4.69, 9.17) is 0 Å². The summed E-state index contributed by atoms with van der Waals surface area (Å²) in [4.78, 5) is 0. The molecule has 1 atom stereocenters. The standard InChI is InChI=1S/CHF3O4PS/c2-1(3,4)10(6,7)8-9-5/h9H/q+1. The van der Waals surface area contributed by atoms with Gasteiger partial charge >= 0.3 is 24.3 Å². The zero-order valence-corrected chi connectivity index (χ0v) is 5.99. The largest absolute Gasteiger partial charge is 0.526 e. The Kier molecular flexibility index (Phi) is 2.76. The average Bonchev–Trinajstić information content (AvgIpc) is 1.61. The van der Waals surface area contributed by atoms with E-state index < -0.39 is 24.3 Å². The maximum Gasteiger partial charge on any atom is 0.526 e. The topological polar surface area (TPSA) is 60.4 Å². The zero-order valence-electron chi connectivity index (χ0n) is 4.18. The van der Waals surface area contributed by atoms with Gasteiger partial charge in [0, 0.05) is 0 Å². The van der Waals surface area contributed by atoms with E-state index in [0.717, 1.165) is 0 Å². The molecule has 0 aromatic carbocycles. The van der Waals surface area contributed by atoms with Gasteiger partial charge in [-0.15, -0.1) is 0 Å². The van der Waals surface area contributed by atoms with Crippen LogP contribution in [0.4, 0.5) is 13.2 Å². The van der Waals surface area contributed by atoms with Gasteiger partial charge in [-0.1, -0.05) is 0 Å². The van der Waals surface area contributed by atoms with E-state index in [1.165, 1.54) is 0 Å². The fraction of sp³-hybridized carbons (Fsp3) is 1.00. The van der Waals surface area contributed by atoms with Crippen molar-refractivity contribution < 1.29 is 30.1 Å². The van der Waals surface area contributed by atoms with Crippen molar-refractivity contribution in [2.45, 2.75) is 5.51 Å². The van der Waals surface area contributed by atoms with Crippen molar-refractivity contribution in [3.8, 4) is 0 Å². The molecular formula is CHF3O4PS+. The highest BCUT2D eigenvalue weighted by Gasteiger charge is 2.50. The molecular weight excluding hydrogens is 196 g/mol. The smallest absolute Gasteiger partial charge is 0.186 e. The second kappa shape index (κ2) is 2.81. The predicted octanol–water partition coefficient (Wildman–Crippen LogP) is 0.792. The fourth-order valence-corrected chi connectivity index (χ4v) is 0.828. The van der Waals surface area contributed by atoms with Gasteiger partial charge in [-0.2, -0.15) is 21.6 Å². The molecule has 0 bridgehead atoms. The van der Waals surface area contributed by atoms with E-state index in [9.17, 15) is 26.2 Å². The van der Waals surface area contributed by atoms with E-state index in [1.54, 1.807) is 0 Å². The highest BCUT2D eigenvalue weighted by molar-refractivity contribution is 7.89. The number of hydrogen-bond donors (Lipinski definition) is 0. The lowest BCUT2D eigenvalue weighted by Crippen LogP contribution is -2.22. The van der Waals surface area contributed by atoms with Crippen LogP contribution >= 0.6 is 8.69 Å². The summed E-state index contributed by atoms with van der Waals surface area (Å²) in [5, 5.41) is 0. The summed E-state index contributed by atoms with van der Waals surface area (Å²) in [6, 6.07) is 0. The molecule has 1 unspecified atom stereocenters. The third-order valence-corrected chi connectivity index (χ3v) is 2.14. The molecule has 0 aliphatic heterocycles. The van der Waals surface area contributed by atoms with Crippen molar-refractivity contribution in [2.75, 3.05) is 0 Å². The van der Waals surface area contributed by atoms with E-state index in [-0.39, 0.29) is 0 Å². The van der Waals surface area contributed by atoms with E-state index in [1.807, 2.05) is 0 Å². The van der Waals surface area contributed by atoms with Crippen molar-refractivity contribution in [1.29, 1.82) is 0 Å². The first-order valence-electron chi connectivity index (χ1n) is 1.68. The Morgan fingerprint density at radius 1 is 1.30 bits per heavy atom. The SMILES string of the molecule is O=[PH+]OS(=O)(=O)C(F)(F)F. The van der Waals surface area contributed by atoms with Gasteiger partial charge in [0.15, 0.2) is 0 Å². The van der Waals surface area contributed by atoms with Crippen LogP contribution in [0.5, 0.6) is 0 Å². The highest BCUT2D eigenvalue weighted by Crippen LogP contribution is 2.26. The monoisotopic (exact) mass is 197 g/mol. The molecule has 4 nitrogen and oxygen atoms in total. The zero-order chi connectivity index (χ0) is 8.41. The minimum absolute atomic E-state index is 1.98. The molecule has 9 heteroatoms. The van der Waals surface area contributed by atoms with E-state index >= 15 is 0 Å². The molecule has 0 rings (SSSR count). The van der Waals surface area contributed by atoms with Crippen LogP contribution in [0.2, 0.25) is 0 Å². The molecule has 60 valence electrons. The lowest BCUT2D eigenvalue weighted by molar-refractivity contribution is -0.0496. The third kappa shape index (κ3) is 2.20. The Bertz CT molecular complexity index is 215. The summed E-state index contributed by atoms with van der Waals surface area (Å²) < 4.78 is 65.2. The normalized spacial score (nSPS) is 13.9. The lowest BCUT2D eigenvalue weighted by atomic mass is 11.6. The third-order valence-electron chi connectivity index (χ3n) is 0.427. The minimum atomic E-state index is -5.65. The Labute approximate surface area is 55.4 Å². The van der Waals surface area contributed by atoms with Crippen molar-refractivity contribution in [1.82, 2.24) is 0 Å². The summed E-state index contributed by atoms with van der Waals surface area (Å²) in [7, 11) is -7.62. The number of halogens is 3. The average molecular weight is 197 g/mol. The minimum Gasteiger partial charge on any atom is -0.186 e. The van der Waals surface area contributed by atoms with E-state index in [0.29, 0.717) is 0 Å². The molecule has 0 saturated carbocycles. The Hall–Kier alpha value is -0.200. The van der Waals surface area contributed by atoms with Crippen molar-refractivity contribution in [3.05, 3.63) is 0 Å². The maximum absolute atomic E-state index is 11.2. The maximum atomic E-state index is 11.2. The summed E-state index contributed by atoms with van der Waals surface area (Å²) in [5.74, 6) is 0. The summed E-state index contributed by atoms with van der Waals surface area (Å²) in [5.41, 5.74) is -5.50. The summed E-state index contributed by atoms with van der Waals surface area (Å²) >= 11 is 0. The molecule has 0 N–H and O–H groups in total. The Balaban J connectivity index is 4.59. The van der Waals surface area contributed by atoms with Crippen LogP contribution in [0.1, 0.15) is 0 Å². The molecule has 0 aliphatic rings. The molecule has 0 heterocycles. The number of rotatable bonds is 2. The first-order valence-corrected chi connectivity index (χ1v) is 3.90. The van der Waals surface area contributed by atoms with Gasteiger partial charge in [0.2, 0.25) is 0 Å². The lowest BCUT2D eigenvalue weighted by Gasteiger charge is -1.97. The molecule has 0 spiro atoms.